The van der Waals surface area contributed by atoms with Crippen molar-refractivity contribution in [3.8, 4) is 11.4 Å². The summed E-state index contributed by atoms with van der Waals surface area (Å²) in [6, 6.07) is 12.3. The summed E-state index contributed by atoms with van der Waals surface area (Å²) in [7, 11) is -3.10. The van der Waals surface area contributed by atoms with Crippen LogP contribution in [0.1, 0.15) is 43.5 Å². The zero-order valence-corrected chi connectivity index (χ0v) is 24.6. The van der Waals surface area contributed by atoms with E-state index in [2.05, 4.69) is 28.0 Å². The maximum absolute atomic E-state index is 13.8. The number of hydrogen-bond donors (Lipinski definition) is 0. The molecule has 0 aliphatic carbocycles. The standard InChI is InChI=1S/C30H34FN4O5P/c1-5-12-37-27-14-22(6-11-26(27)34-16-21(2)32-20-34)13-23-15-30(18-38-41(4,36)39-19-30)17-35-28(23)33-40-29(35,3)24-7-9-25(31)10-8-24/h6-11,13-14,16,20H,5,12,15,17-19H2,1-4H3/b23-13+. The topological polar surface area (TPSA) is 87.4 Å². The summed E-state index contributed by atoms with van der Waals surface area (Å²) in [6.07, 6.45) is 7.28. The Bertz CT molecular complexity index is 1560. The number of imidazole rings is 1. The molecule has 1 atom stereocenters. The van der Waals surface area contributed by atoms with Crippen LogP contribution >= 0.6 is 7.60 Å². The summed E-state index contributed by atoms with van der Waals surface area (Å²) in [5, 5.41) is 4.53. The third kappa shape index (κ3) is 5.32. The molecule has 11 heteroatoms. The van der Waals surface area contributed by atoms with Gasteiger partial charge in [-0.05, 0) is 61.2 Å². The molecule has 1 spiro atoms. The molecule has 6 rings (SSSR count). The Hall–Kier alpha value is -3.46. The fraction of sp³-hybridized carbons (Fsp3) is 0.400. The van der Waals surface area contributed by atoms with Crippen molar-refractivity contribution in [3.05, 3.63) is 83.2 Å². The van der Waals surface area contributed by atoms with Crippen LogP contribution in [0, 0.1) is 18.2 Å². The lowest BCUT2D eigenvalue weighted by Gasteiger charge is -2.48. The first-order valence-electron chi connectivity index (χ1n) is 13.7. The van der Waals surface area contributed by atoms with Crippen LogP contribution in [0.4, 0.5) is 4.39 Å². The van der Waals surface area contributed by atoms with Crippen LogP contribution in [0.5, 0.6) is 5.75 Å². The van der Waals surface area contributed by atoms with Crippen molar-refractivity contribution in [1.82, 2.24) is 14.5 Å². The van der Waals surface area contributed by atoms with Gasteiger partial charge >= 0.3 is 7.60 Å². The Morgan fingerprint density at radius 1 is 1.17 bits per heavy atom. The number of amidine groups is 1. The molecule has 1 unspecified atom stereocenters. The Balaban J connectivity index is 1.40. The molecule has 1 aromatic heterocycles. The molecule has 2 fully saturated rings. The molecule has 0 N–H and O–H groups in total. The molecule has 9 nitrogen and oxygen atoms in total. The van der Waals surface area contributed by atoms with Gasteiger partial charge in [0.15, 0.2) is 5.84 Å². The fourth-order valence-electron chi connectivity index (χ4n) is 5.54. The van der Waals surface area contributed by atoms with Crippen LogP contribution in [0.15, 0.2) is 65.7 Å². The van der Waals surface area contributed by atoms with Gasteiger partial charge in [0.1, 0.15) is 11.6 Å². The highest BCUT2D eigenvalue weighted by atomic mass is 31.2. The van der Waals surface area contributed by atoms with Gasteiger partial charge in [0, 0.05) is 37.3 Å². The zero-order valence-electron chi connectivity index (χ0n) is 23.7. The Labute approximate surface area is 239 Å². The van der Waals surface area contributed by atoms with E-state index in [4.69, 9.17) is 18.6 Å². The molecule has 3 aliphatic heterocycles. The van der Waals surface area contributed by atoms with Crippen LogP contribution in [-0.4, -0.2) is 53.3 Å². The predicted octanol–water partition coefficient (Wildman–Crippen LogP) is 6.27. The molecular weight excluding hydrogens is 546 g/mol. The number of oxime groups is 1. The van der Waals surface area contributed by atoms with Gasteiger partial charge in [-0.2, -0.15) is 0 Å². The quantitative estimate of drug-likeness (QED) is 0.318. The maximum Gasteiger partial charge on any atom is 0.327 e. The van der Waals surface area contributed by atoms with Gasteiger partial charge in [0.2, 0.25) is 5.72 Å². The zero-order chi connectivity index (χ0) is 28.8. The monoisotopic (exact) mass is 580 g/mol. The van der Waals surface area contributed by atoms with Crippen LogP contribution in [0.2, 0.25) is 0 Å². The predicted molar refractivity (Wildman–Crippen MR) is 154 cm³/mol. The molecule has 0 amide bonds. The molecular formula is C30H34FN4O5P. The van der Waals surface area contributed by atoms with Crippen molar-refractivity contribution in [3.63, 3.8) is 0 Å². The van der Waals surface area contributed by atoms with Gasteiger partial charge in [-0.15, -0.1) is 0 Å². The van der Waals surface area contributed by atoms with Gasteiger partial charge < -0.3 is 28.1 Å². The van der Waals surface area contributed by atoms with E-state index in [0.29, 0.717) is 25.4 Å². The molecule has 2 saturated heterocycles. The van der Waals surface area contributed by atoms with Crippen molar-refractivity contribution >= 4 is 19.5 Å². The summed E-state index contributed by atoms with van der Waals surface area (Å²) in [5.41, 5.74) is 2.99. The van der Waals surface area contributed by atoms with Gasteiger partial charge in [-0.3, -0.25) is 4.57 Å². The Kier molecular flexibility index (Phi) is 7.04. The van der Waals surface area contributed by atoms with E-state index in [1.165, 1.54) is 18.8 Å². The van der Waals surface area contributed by atoms with E-state index in [-0.39, 0.29) is 19.0 Å². The highest BCUT2D eigenvalue weighted by Gasteiger charge is 2.54. The molecule has 41 heavy (non-hydrogen) atoms. The van der Waals surface area contributed by atoms with Crippen LogP contribution in [0.25, 0.3) is 11.8 Å². The molecule has 3 aromatic rings. The smallest absolute Gasteiger partial charge is 0.327 e. The maximum atomic E-state index is 13.8. The summed E-state index contributed by atoms with van der Waals surface area (Å²) in [5.74, 6) is 1.12. The average Bonchev–Trinajstić information content (AvgIpc) is 3.53. The Morgan fingerprint density at radius 3 is 2.61 bits per heavy atom. The second-order valence-electron chi connectivity index (χ2n) is 11.2. The van der Waals surface area contributed by atoms with Crippen LogP contribution < -0.4 is 4.74 Å². The second kappa shape index (κ2) is 10.4. The first-order valence-corrected chi connectivity index (χ1v) is 15.7. The van der Waals surface area contributed by atoms with Gasteiger partial charge in [-0.1, -0.05) is 30.3 Å². The highest BCUT2D eigenvalue weighted by Crippen LogP contribution is 2.55. The number of fused-ring (bicyclic) bond motifs is 1. The van der Waals surface area contributed by atoms with E-state index < -0.39 is 18.7 Å². The number of hydrogen-bond acceptors (Lipinski definition) is 8. The molecule has 0 saturated carbocycles. The summed E-state index contributed by atoms with van der Waals surface area (Å²) in [4.78, 5) is 12.5. The number of benzene rings is 2. The minimum atomic E-state index is -3.10. The summed E-state index contributed by atoms with van der Waals surface area (Å²) in [6.45, 7) is 9.06. The Morgan fingerprint density at radius 2 is 1.93 bits per heavy atom. The SMILES string of the molecule is CCCOc1cc(/C=C2\CC3(COP(C)(=O)OC3)CN3C2=NOC3(C)c2ccc(F)cc2)ccc1-n1cnc(C)c1. The van der Waals surface area contributed by atoms with Crippen molar-refractivity contribution in [2.75, 3.05) is 33.0 Å². The van der Waals surface area contributed by atoms with Crippen molar-refractivity contribution in [1.29, 1.82) is 0 Å². The van der Waals surface area contributed by atoms with Crippen LogP contribution in [0.3, 0.4) is 0 Å². The first-order chi connectivity index (χ1) is 19.6. The minimum absolute atomic E-state index is 0.269. The van der Waals surface area contributed by atoms with E-state index in [1.54, 1.807) is 18.5 Å². The third-order valence-corrected chi connectivity index (χ3v) is 8.99. The van der Waals surface area contributed by atoms with Gasteiger partial charge in [-0.25, -0.2) is 9.37 Å². The lowest BCUT2D eigenvalue weighted by atomic mass is 9.77. The van der Waals surface area contributed by atoms with Crippen molar-refractivity contribution in [2.24, 2.45) is 10.6 Å². The largest absolute Gasteiger partial charge is 0.491 e. The lowest BCUT2D eigenvalue weighted by molar-refractivity contribution is -0.114. The number of nitrogens with zero attached hydrogens (tertiary/aromatic N) is 4. The van der Waals surface area contributed by atoms with E-state index in [0.717, 1.165) is 40.3 Å². The molecule has 216 valence electrons. The van der Waals surface area contributed by atoms with Crippen molar-refractivity contribution in [2.45, 2.75) is 39.3 Å². The normalized spacial score (nSPS) is 28.5. The summed E-state index contributed by atoms with van der Waals surface area (Å²) >= 11 is 0. The lowest BCUT2D eigenvalue weighted by Crippen LogP contribution is -2.57. The molecule has 2 aromatic carbocycles. The molecule has 3 aliphatic rings. The van der Waals surface area contributed by atoms with E-state index in [1.807, 2.05) is 42.8 Å². The van der Waals surface area contributed by atoms with Crippen LogP contribution in [-0.2, 0) is 24.2 Å². The van der Waals surface area contributed by atoms with E-state index in [9.17, 15) is 8.96 Å². The molecule has 0 bridgehead atoms. The number of piperidine rings is 1. The fourth-order valence-corrected chi connectivity index (χ4v) is 6.64. The number of aryl methyl sites for hydroxylation is 1. The average molecular weight is 581 g/mol. The van der Waals surface area contributed by atoms with E-state index >= 15 is 0 Å². The molecule has 4 heterocycles. The first kappa shape index (κ1) is 27.7. The van der Waals surface area contributed by atoms with Gasteiger partial charge in [0.25, 0.3) is 0 Å². The second-order valence-corrected chi connectivity index (χ2v) is 13.3. The van der Waals surface area contributed by atoms with Gasteiger partial charge in [0.05, 0.1) is 37.5 Å². The molecule has 0 radical (unpaired) electrons. The third-order valence-electron chi connectivity index (χ3n) is 7.79. The van der Waals surface area contributed by atoms with Crippen molar-refractivity contribution < 1.29 is 27.6 Å². The number of rotatable bonds is 6. The minimum Gasteiger partial charge on any atom is -0.491 e. The number of ether oxygens (including phenoxy) is 1. The highest BCUT2D eigenvalue weighted by molar-refractivity contribution is 7.53. The summed E-state index contributed by atoms with van der Waals surface area (Å²) < 4.78 is 45.9. The number of aromatic nitrogens is 2. The number of halogens is 1.